The van der Waals surface area contributed by atoms with Gasteiger partial charge >= 0.3 is 6.09 Å². The predicted molar refractivity (Wildman–Crippen MR) is 135 cm³/mol. The van der Waals surface area contributed by atoms with Crippen LogP contribution in [0.25, 0.3) is 0 Å². The molecule has 0 radical (unpaired) electrons. The zero-order valence-electron chi connectivity index (χ0n) is 20.8. The summed E-state index contributed by atoms with van der Waals surface area (Å²) in [6.45, 7) is 8.83. The van der Waals surface area contributed by atoms with Crippen molar-refractivity contribution in [3.05, 3.63) is 60.3 Å². The summed E-state index contributed by atoms with van der Waals surface area (Å²) in [7, 11) is 0. The van der Waals surface area contributed by atoms with E-state index in [0.717, 1.165) is 5.56 Å². The van der Waals surface area contributed by atoms with Crippen molar-refractivity contribution in [2.45, 2.75) is 52.3 Å². The van der Waals surface area contributed by atoms with Crippen LogP contribution in [0.2, 0.25) is 0 Å². The van der Waals surface area contributed by atoms with Crippen LogP contribution in [-0.4, -0.2) is 44.7 Å². The topological polar surface area (TPSA) is 131 Å². The van der Waals surface area contributed by atoms with Crippen LogP contribution in [0.3, 0.4) is 0 Å². The number of hydrogen-bond donors (Lipinski definition) is 3. The van der Waals surface area contributed by atoms with Crippen LogP contribution in [0.4, 0.5) is 32.6 Å². The molecular weight excluding hydrogens is 463 g/mol. The van der Waals surface area contributed by atoms with Crippen LogP contribution in [-0.2, 0) is 4.74 Å². The molecule has 0 bridgehead atoms. The molecule has 4 N–H and O–H groups in total. The number of ether oxygens (including phenoxy) is 1. The van der Waals surface area contributed by atoms with E-state index in [1.165, 1.54) is 12.1 Å². The van der Waals surface area contributed by atoms with E-state index in [2.05, 4.69) is 51.3 Å². The second-order valence-electron chi connectivity index (χ2n) is 9.84. The van der Waals surface area contributed by atoms with E-state index in [9.17, 15) is 9.18 Å². The highest BCUT2D eigenvalue weighted by Crippen LogP contribution is 2.38. The molecule has 1 fully saturated rings. The van der Waals surface area contributed by atoms with E-state index in [0.29, 0.717) is 36.4 Å². The van der Waals surface area contributed by atoms with Gasteiger partial charge < -0.3 is 26.0 Å². The lowest BCUT2D eigenvalue weighted by molar-refractivity contribution is 0.0753. The maximum absolute atomic E-state index is 13.4. The number of benzene rings is 1. The third-order valence-corrected chi connectivity index (χ3v) is 6.04. The van der Waals surface area contributed by atoms with Gasteiger partial charge in [0.1, 0.15) is 29.4 Å². The fourth-order valence-electron chi connectivity index (χ4n) is 4.55. The lowest BCUT2D eigenvalue weighted by atomic mass is 9.83. The molecule has 36 heavy (non-hydrogen) atoms. The van der Waals surface area contributed by atoms with Crippen LogP contribution >= 0.6 is 0 Å². The number of nitrogens with two attached hydrogens (primary N) is 1. The van der Waals surface area contributed by atoms with Crippen molar-refractivity contribution in [3.63, 3.8) is 0 Å². The molecule has 3 heterocycles. The first-order valence-electron chi connectivity index (χ1n) is 11.8. The van der Waals surface area contributed by atoms with Gasteiger partial charge in [0, 0.05) is 31.4 Å². The minimum Gasteiger partial charge on any atom is -0.444 e. The van der Waals surface area contributed by atoms with Crippen molar-refractivity contribution >= 4 is 29.5 Å². The molecule has 11 heteroatoms. The van der Waals surface area contributed by atoms with Crippen LogP contribution in [0.15, 0.2) is 48.9 Å². The number of nitrogens with zero attached hydrogens (tertiary/aromatic N) is 5. The number of primary amides is 1. The Morgan fingerprint density at radius 1 is 1.19 bits per heavy atom. The van der Waals surface area contributed by atoms with E-state index in [-0.39, 0.29) is 29.4 Å². The first-order chi connectivity index (χ1) is 17.1. The minimum absolute atomic E-state index is 0.161. The summed E-state index contributed by atoms with van der Waals surface area (Å²) >= 11 is 0. The average Bonchev–Trinajstić information content (AvgIpc) is 3.23. The van der Waals surface area contributed by atoms with Crippen molar-refractivity contribution in [1.29, 1.82) is 0 Å². The van der Waals surface area contributed by atoms with Gasteiger partial charge in [-0.15, -0.1) is 0 Å². The van der Waals surface area contributed by atoms with E-state index in [4.69, 9.17) is 15.5 Å². The van der Waals surface area contributed by atoms with Crippen LogP contribution < -0.4 is 21.3 Å². The molecule has 1 aliphatic heterocycles. The summed E-state index contributed by atoms with van der Waals surface area (Å²) in [5, 5.41) is 6.49. The largest absolute Gasteiger partial charge is 0.444 e. The molecule has 1 aliphatic rings. The molecule has 10 nitrogen and oxygen atoms in total. The molecule has 3 aromatic rings. The first-order valence-corrected chi connectivity index (χ1v) is 11.8. The molecule has 4 rings (SSSR count). The van der Waals surface area contributed by atoms with Gasteiger partial charge in [0.15, 0.2) is 0 Å². The highest BCUT2D eigenvalue weighted by atomic mass is 19.1. The maximum atomic E-state index is 13.4. The van der Waals surface area contributed by atoms with Gasteiger partial charge in [-0.25, -0.2) is 14.2 Å². The Morgan fingerprint density at radius 2 is 1.94 bits per heavy atom. The Balaban J connectivity index is 1.69. The molecular formula is C25H31FN8O2. The lowest BCUT2D eigenvalue weighted by Crippen LogP contribution is -2.47. The van der Waals surface area contributed by atoms with E-state index in [1.54, 1.807) is 30.7 Å². The SMILES string of the molecule is C[C@H](Nc1nc(Nc2cnccn2)cc(N2CCC(OC(N)=O)C2C(C)(C)C)n1)c1ccc(F)cc1. The molecule has 190 valence electrons. The van der Waals surface area contributed by atoms with Crippen LogP contribution in [0, 0.1) is 11.2 Å². The highest BCUT2D eigenvalue weighted by Gasteiger charge is 2.44. The maximum Gasteiger partial charge on any atom is 0.404 e. The Bertz CT molecular complexity index is 1190. The van der Waals surface area contributed by atoms with Crippen LogP contribution in [0.5, 0.6) is 0 Å². The van der Waals surface area contributed by atoms with Gasteiger partial charge in [0.25, 0.3) is 0 Å². The first kappa shape index (κ1) is 25.1. The minimum atomic E-state index is -0.792. The standard InChI is InChI=1S/C25H31FN8O2/c1-15(16-5-7-17(26)8-6-16)30-24-32-19(31-20-14-28-10-11-29-20)13-21(33-24)34-12-9-18(36-23(27)35)22(34)25(2,3)4/h5-8,10-11,13-15,18,22H,9,12H2,1-4H3,(H2,27,35)(H2,29,30,31,32,33)/t15-,18?,22?/m0/s1. The summed E-state index contributed by atoms with van der Waals surface area (Å²) in [4.78, 5) is 31.5. The molecule has 1 aromatic carbocycles. The molecule has 0 spiro atoms. The monoisotopic (exact) mass is 494 g/mol. The number of hydrogen-bond acceptors (Lipinski definition) is 9. The normalized spacial score (nSPS) is 18.5. The summed E-state index contributed by atoms with van der Waals surface area (Å²) in [5.74, 6) is 1.78. The smallest absolute Gasteiger partial charge is 0.404 e. The number of carbonyl (C=O) groups is 1. The van der Waals surface area contributed by atoms with Crippen molar-refractivity contribution in [2.24, 2.45) is 11.1 Å². The summed E-state index contributed by atoms with van der Waals surface area (Å²) in [6.07, 6.45) is 4.23. The van der Waals surface area contributed by atoms with Crippen molar-refractivity contribution in [2.75, 3.05) is 22.1 Å². The summed E-state index contributed by atoms with van der Waals surface area (Å²) in [6, 6.07) is 7.76. The highest BCUT2D eigenvalue weighted by molar-refractivity contribution is 5.65. The van der Waals surface area contributed by atoms with E-state index in [1.807, 2.05) is 13.0 Å². The van der Waals surface area contributed by atoms with Crippen molar-refractivity contribution in [1.82, 2.24) is 19.9 Å². The molecule has 2 unspecified atom stereocenters. The Kier molecular flexibility index (Phi) is 7.18. The molecule has 1 saturated heterocycles. The average molecular weight is 495 g/mol. The number of amides is 1. The van der Waals surface area contributed by atoms with Crippen LogP contribution in [0.1, 0.15) is 45.7 Å². The lowest BCUT2D eigenvalue weighted by Gasteiger charge is -2.38. The van der Waals surface area contributed by atoms with Gasteiger partial charge in [-0.1, -0.05) is 32.9 Å². The second-order valence-corrected chi connectivity index (χ2v) is 9.84. The predicted octanol–water partition coefficient (Wildman–Crippen LogP) is 4.41. The molecule has 3 atom stereocenters. The molecule has 1 amide bonds. The fraction of sp³-hybridized carbons (Fsp3) is 0.400. The third-order valence-electron chi connectivity index (χ3n) is 6.04. The number of halogens is 1. The Hall–Kier alpha value is -4.02. The second kappa shape index (κ2) is 10.3. The van der Waals surface area contributed by atoms with Crippen molar-refractivity contribution in [3.8, 4) is 0 Å². The number of nitrogens with one attached hydrogen (secondary N) is 2. The summed E-state index contributed by atoms with van der Waals surface area (Å²) < 4.78 is 18.9. The van der Waals surface area contributed by atoms with Gasteiger partial charge in [0.05, 0.1) is 18.3 Å². The fourth-order valence-corrected chi connectivity index (χ4v) is 4.55. The van der Waals surface area contributed by atoms with Crippen molar-refractivity contribution < 1.29 is 13.9 Å². The number of carbonyl (C=O) groups excluding carboxylic acids is 1. The van der Waals surface area contributed by atoms with Gasteiger partial charge in [-0.2, -0.15) is 9.97 Å². The van der Waals surface area contributed by atoms with Gasteiger partial charge in [-0.3, -0.25) is 4.98 Å². The quantitative estimate of drug-likeness (QED) is 0.437. The molecule has 0 aliphatic carbocycles. The van der Waals surface area contributed by atoms with Gasteiger partial charge in [0.2, 0.25) is 5.95 Å². The van der Waals surface area contributed by atoms with E-state index >= 15 is 0 Å². The number of aromatic nitrogens is 4. The van der Waals surface area contributed by atoms with E-state index < -0.39 is 6.09 Å². The molecule has 0 saturated carbocycles. The number of rotatable bonds is 7. The Morgan fingerprint density at radius 3 is 2.58 bits per heavy atom. The zero-order chi connectivity index (χ0) is 25.9. The number of anilines is 4. The zero-order valence-corrected chi connectivity index (χ0v) is 20.8. The Labute approximate surface area is 209 Å². The third kappa shape index (κ3) is 5.96. The molecule has 2 aromatic heterocycles. The van der Waals surface area contributed by atoms with Gasteiger partial charge in [-0.05, 0) is 30.0 Å². The summed E-state index contributed by atoms with van der Waals surface area (Å²) in [5.41, 5.74) is 6.00.